The number of carboxylic acid groups (broad SMARTS) is 1. The summed E-state index contributed by atoms with van der Waals surface area (Å²) in [5, 5.41) is 41.6. The highest BCUT2D eigenvalue weighted by Gasteiger charge is 2.54. The molecule has 4 rings (SSSR count). The molecule has 2 aromatic heterocycles. The van der Waals surface area contributed by atoms with Crippen molar-refractivity contribution in [3.05, 3.63) is 32.2 Å². The second kappa shape index (κ2) is 10.3. The molecule has 2 aliphatic rings. The van der Waals surface area contributed by atoms with Gasteiger partial charge in [0.1, 0.15) is 22.1 Å². The van der Waals surface area contributed by atoms with Gasteiger partial charge in [0.2, 0.25) is 0 Å². The number of thiazole rings is 1. The van der Waals surface area contributed by atoms with Crippen LogP contribution in [0.15, 0.2) is 26.1 Å². The average molecular weight is 544 g/mol. The lowest BCUT2D eigenvalue weighted by atomic mass is 10.0. The molecule has 0 aromatic carbocycles. The second-order valence-corrected chi connectivity index (χ2v) is 11.1. The Morgan fingerprint density at radius 2 is 2.26 bits per heavy atom. The highest BCUT2D eigenvalue weighted by atomic mass is 32.2. The Bertz CT molecular complexity index is 1250. The Labute approximate surface area is 207 Å². The van der Waals surface area contributed by atoms with Crippen molar-refractivity contribution in [2.24, 2.45) is 5.16 Å². The summed E-state index contributed by atoms with van der Waals surface area (Å²) in [6.45, 7) is 0.339. The van der Waals surface area contributed by atoms with Crippen LogP contribution in [-0.4, -0.2) is 83.9 Å². The summed E-state index contributed by atoms with van der Waals surface area (Å²) in [4.78, 5) is 41.2. The number of nitrogens with zero attached hydrogens (tertiary/aromatic N) is 4. The highest BCUT2D eigenvalue weighted by molar-refractivity contribution is 8.01. The zero-order chi connectivity index (χ0) is 24.4. The molecule has 2 amide bonds. The molecular formula is C17H17N7O6S4. The molecule has 2 aliphatic heterocycles. The molecule has 0 bridgehead atoms. The Morgan fingerprint density at radius 3 is 2.91 bits per heavy atom. The Morgan fingerprint density at radius 1 is 1.47 bits per heavy atom. The number of hydrogen-bond acceptors (Lipinski definition) is 13. The fourth-order valence-electron chi connectivity index (χ4n) is 3.27. The first-order valence-electron chi connectivity index (χ1n) is 9.43. The van der Waals surface area contributed by atoms with Crippen molar-refractivity contribution < 1.29 is 29.4 Å². The maximum Gasteiger partial charge on any atom is 0.352 e. The van der Waals surface area contributed by atoms with Gasteiger partial charge >= 0.3 is 5.97 Å². The smallest absolute Gasteiger partial charge is 0.352 e. The van der Waals surface area contributed by atoms with Gasteiger partial charge in [-0.1, -0.05) is 28.3 Å². The molecule has 1 unspecified atom stereocenters. The topological polar surface area (TPSA) is 194 Å². The molecule has 34 heavy (non-hydrogen) atoms. The van der Waals surface area contributed by atoms with E-state index in [-0.39, 0.29) is 21.9 Å². The summed E-state index contributed by atoms with van der Waals surface area (Å²) < 4.78 is 5.68. The van der Waals surface area contributed by atoms with E-state index in [0.717, 1.165) is 11.3 Å². The van der Waals surface area contributed by atoms with Crippen molar-refractivity contribution in [1.82, 2.24) is 25.4 Å². The lowest BCUT2D eigenvalue weighted by molar-refractivity contribution is -0.150. The molecule has 17 heteroatoms. The molecule has 13 nitrogen and oxygen atoms in total. The zero-order valence-corrected chi connectivity index (χ0v) is 20.6. The molecular weight excluding hydrogens is 526 g/mol. The average Bonchev–Trinajstić information content (AvgIpc) is 3.44. The largest absolute Gasteiger partial charge is 0.477 e. The molecule has 1 saturated heterocycles. The fraction of sp³-hybridized carbons (Fsp3) is 0.353. The van der Waals surface area contributed by atoms with Crippen LogP contribution >= 0.6 is 46.2 Å². The summed E-state index contributed by atoms with van der Waals surface area (Å²) in [7, 11) is 1.55. The van der Waals surface area contributed by atoms with Gasteiger partial charge in [-0.3, -0.25) is 19.9 Å². The van der Waals surface area contributed by atoms with E-state index in [1.165, 1.54) is 45.1 Å². The number of H-pyrrole nitrogens is 1. The minimum atomic E-state index is -1.23. The van der Waals surface area contributed by atoms with Crippen LogP contribution in [0.3, 0.4) is 0 Å². The lowest BCUT2D eigenvalue weighted by Gasteiger charge is -2.49. The molecule has 5 N–H and O–H groups in total. The van der Waals surface area contributed by atoms with Crippen molar-refractivity contribution >= 4 is 69.7 Å². The van der Waals surface area contributed by atoms with Crippen molar-refractivity contribution in [3.63, 3.8) is 0 Å². The van der Waals surface area contributed by atoms with Crippen LogP contribution in [0, 0.1) is 5.41 Å². The number of ether oxygens (including phenoxy) is 1. The number of aliphatic carboxylic acids is 1. The number of aromatic nitrogens is 3. The van der Waals surface area contributed by atoms with Gasteiger partial charge in [0.25, 0.3) is 11.8 Å². The van der Waals surface area contributed by atoms with E-state index in [9.17, 15) is 24.7 Å². The Hall–Kier alpha value is -2.73. The van der Waals surface area contributed by atoms with Gasteiger partial charge in [0.15, 0.2) is 14.9 Å². The van der Waals surface area contributed by atoms with Gasteiger partial charge in [0.05, 0.1) is 12.3 Å². The monoisotopic (exact) mass is 543 g/mol. The van der Waals surface area contributed by atoms with E-state index >= 15 is 0 Å². The van der Waals surface area contributed by atoms with E-state index in [2.05, 4.69) is 25.7 Å². The number of nitrogens with one attached hydrogen (secondary N) is 3. The van der Waals surface area contributed by atoms with Gasteiger partial charge in [-0.15, -0.1) is 33.3 Å². The zero-order valence-electron chi connectivity index (χ0n) is 17.3. The first-order chi connectivity index (χ1) is 16.3. The number of methoxy groups -OCH3 is 1. The number of thioether (sulfide) groups is 2. The summed E-state index contributed by atoms with van der Waals surface area (Å²) in [6.07, 6.45) is 0. The number of carbonyl (C=O) groups is 3. The van der Waals surface area contributed by atoms with Gasteiger partial charge in [-0.2, -0.15) is 0 Å². The first-order valence-corrected chi connectivity index (χ1v) is 13.2. The number of oxime groups is 1. The summed E-state index contributed by atoms with van der Waals surface area (Å²) in [6, 6.07) is -0.980. The van der Waals surface area contributed by atoms with E-state index in [4.69, 9.17) is 10.1 Å². The van der Waals surface area contributed by atoms with Gasteiger partial charge in [-0.05, 0) is 5.57 Å². The van der Waals surface area contributed by atoms with Gasteiger partial charge in [-0.25, -0.2) is 4.79 Å². The van der Waals surface area contributed by atoms with E-state index in [1.807, 2.05) is 0 Å². The second-order valence-electron chi connectivity index (χ2n) is 6.85. The number of carboxylic acids is 1. The number of amides is 2. The van der Waals surface area contributed by atoms with Crippen LogP contribution in [0.5, 0.6) is 0 Å². The van der Waals surface area contributed by atoms with Crippen LogP contribution in [0.1, 0.15) is 10.7 Å². The molecule has 0 saturated carbocycles. The van der Waals surface area contributed by atoms with Crippen molar-refractivity contribution in [2.75, 3.05) is 18.6 Å². The minimum absolute atomic E-state index is 0.0581. The maximum absolute atomic E-state index is 12.8. The van der Waals surface area contributed by atoms with Crippen molar-refractivity contribution in [1.29, 1.82) is 5.41 Å². The molecule has 1 fully saturated rings. The van der Waals surface area contributed by atoms with Gasteiger partial charge < -0.3 is 25.4 Å². The van der Waals surface area contributed by atoms with Crippen LogP contribution in [0.4, 0.5) is 0 Å². The van der Waals surface area contributed by atoms with E-state index < -0.39 is 29.2 Å². The standard InChI is InChI=1S/C17H17N7O6S4/c1-30-2-8-21-22-17(34-8)33-4-6-3-31-14-10(13(26)24(14)11(6)15(27)28)20-12(25)9(23-29)7-5-32-16(18)19-7/h5,10,14,29H,2-4H2,1H3,(H2,18,19)(H,20,25)(H,27,28)/b23-9-/t10?,14-/m1/s1. The summed E-state index contributed by atoms with van der Waals surface area (Å²) in [5.74, 6) is -1.96. The van der Waals surface area contributed by atoms with E-state index in [1.54, 1.807) is 7.11 Å². The van der Waals surface area contributed by atoms with Crippen LogP contribution in [0.2, 0.25) is 0 Å². The van der Waals surface area contributed by atoms with Gasteiger partial charge in [0, 0.05) is 24.0 Å². The molecule has 0 radical (unpaired) electrons. The van der Waals surface area contributed by atoms with Crippen LogP contribution in [-0.2, 0) is 25.7 Å². The molecule has 180 valence electrons. The number of aromatic amines is 1. The molecule has 2 atom stereocenters. The van der Waals surface area contributed by atoms with E-state index in [0.29, 0.717) is 33.0 Å². The molecule has 0 aliphatic carbocycles. The SMILES string of the molecule is COCc1nnc(SCC2=C(C(=O)O)N3C(=O)C(NC(=O)/C(=N\O)c4csc(=N)[nH]4)[C@H]3SC2)s1. The summed E-state index contributed by atoms with van der Waals surface area (Å²) in [5.41, 5.74) is 0.215. The Balaban J connectivity index is 1.46. The number of β-lactam (4-membered cyclic amide) rings is 1. The predicted octanol–water partition coefficient (Wildman–Crippen LogP) is 0.263. The van der Waals surface area contributed by atoms with Crippen molar-refractivity contribution in [3.8, 4) is 0 Å². The first kappa shape index (κ1) is 24.4. The maximum atomic E-state index is 12.8. The van der Waals surface area contributed by atoms with Crippen molar-refractivity contribution in [2.45, 2.75) is 22.4 Å². The highest BCUT2D eigenvalue weighted by Crippen LogP contribution is 2.41. The predicted molar refractivity (Wildman–Crippen MR) is 124 cm³/mol. The molecule has 0 spiro atoms. The minimum Gasteiger partial charge on any atom is -0.477 e. The number of rotatable bonds is 9. The molecule has 4 heterocycles. The molecule has 2 aromatic rings. The third-order valence-corrected chi connectivity index (χ3v) is 8.88. The summed E-state index contributed by atoms with van der Waals surface area (Å²) >= 11 is 5.01. The third-order valence-electron chi connectivity index (χ3n) is 4.74. The van der Waals surface area contributed by atoms with Crippen LogP contribution < -0.4 is 10.1 Å². The number of hydrogen-bond donors (Lipinski definition) is 5. The normalized spacial score (nSPS) is 20.2. The number of carbonyl (C=O) groups excluding carboxylic acids is 2. The lowest BCUT2D eigenvalue weighted by Crippen LogP contribution is -2.71. The Kier molecular flexibility index (Phi) is 7.36. The quantitative estimate of drug-likeness (QED) is 0.0963. The number of fused-ring (bicyclic) bond motifs is 1. The fourth-order valence-corrected chi connectivity index (χ4v) is 7.19. The third kappa shape index (κ3) is 4.74. The van der Waals surface area contributed by atoms with Crippen LogP contribution in [0.25, 0.3) is 0 Å².